The predicted molar refractivity (Wildman–Crippen MR) is 117 cm³/mol. The zero-order valence-electron chi connectivity index (χ0n) is 16.4. The third kappa shape index (κ3) is 6.19. The first-order valence-corrected chi connectivity index (χ1v) is 9.27. The molecule has 0 aliphatic carbocycles. The number of esters is 1. The van der Waals surface area contributed by atoms with E-state index in [1.807, 2.05) is 0 Å². The normalized spacial score (nSPS) is 10.0. The summed E-state index contributed by atoms with van der Waals surface area (Å²) in [7, 11) is 2.64. The molecule has 2 aromatic carbocycles. The van der Waals surface area contributed by atoms with E-state index in [0.717, 1.165) is 4.31 Å². The molecule has 2 N–H and O–H groups in total. The number of benzene rings is 2. The van der Waals surface area contributed by atoms with Crippen LogP contribution < -0.4 is 24.4 Å². The summed E-state index contributed by atoms with van der Waals surface area (Å²) in [6.45, 7) is 1.07. The van der Waals surface area contributed by atoms with E-state index in [1.165, 1.54) is 33.3 Å². The van der Waals surface area contributed by atoms with Gasteiger partial charge >= 0.3 is 12.0 Å². The van der Waals surface area contributed by atoms with Gasteiger partial charge in [0.1, 0.15) is 17.2 Å². The van der Waals surface area contributed by atoms with Crippen molar-refractivity contribution in [3.63, 3.8) is 0 Å². The van der Waals surface area contributed by atoms with Crippen molar-refractivity contribution in [3.05, 3.63) is 41.4 Å². The maximum atomic E-state index is 12.6. The molecule has 0 bridgehead atoms. The quantitative estimate of drug-likeness (QED) is 0.435. The zero-order valence-corrected chi connectivity index (χ0v) is 18.0. The second-order valence-corrected chi connectivity index (χ2v) is 6.63. The number of anilines is 3. The summed E-state index contributed by atoms with van der Waals surface area (Å²) in [4.78, 5) is 34.9. The number of amides is 3. The van der Waals surface area contributed by atoms with E-state index in [4.69, 9.17) is 21.1 Å². The van der Waals surface area contributed by atoms with Crippen molar-refractivity contribution in [2.24, 2.45) is 0 Å². The van der Waals surface area contributed by atoms with Gasteiger partial charge in [-0.2, -0.15) is 0 Å². The summed E-state index contributed by atoms with van der Waals surface area (Å²) >= 11 is 10.4. The number of ether oxygens (including phenoxy) is 3. The van der Waals surface area contributed by atoms with Gasteiger partial charge in [0.25, 0.3) is 0 Å². The number of thiol groups is 1. The molecule has 30 heavy (non-hydrogen) atoms. The van der Waals surface area contributed by atoms with Gasteiger partial charge < -0.3 is 24.8 Å². The van der Waals surface area contributed by atoms with Crippen molar-refractivity contribution in [1.29, 1.82) is 0 Å². The molecule has 11 heteroatoms. The molecule has 0 aliphatic heterocycles. The average molecular weight is 454 g/mol. The lowest BCUT2D eigenvalue weighted by Gasteiger charge is -2.20. The number of carbonyl (C=O) groups is 3. The summed E-state index contributed by atoms with van der Waals surface area (Å²) in [5.74, 6) is -0.353. The molecule has 3 amide bonds. The topological polar surface area (TPSA) is 106 Å². The van der Waals surface area contributed by atoms with Crippen molar-refractivity contribution in [3.8, 4) is 11.5 Å². The Morgan fingerprint density at radius 2 is 1.63 bits per heavy atom. The van der Waals surface area contributed by atoms with Crippen molar-refractivity contribution in [2.75, 3.05) is 35.8 Å². The van der Waals surface area contributed by atoms with Crippen molar-refractivity contribution in [2.45, 2.75) is 6.92 Å². The Morgan fingerprint density at radius 1 is 1.03 bits per heavy atom. The molecule has 0 unspecified atom stereocenters. The van der Waals surface area contributed by atoms with Crippen molar-refractivity contribution in [1.82, 2.24) is 0 Å². The van der Waals surface area contributed by atoms with Crippen LogP contribution in [0.15, 0.2) is 36.4 Å². The Morgan fingerprint density at radius 3 is 2.17 bits per heavy atom. The van der Waals surface area contributed by atoms with E-state index in [-0.39, 0.29) is 34.7 Å². The highest BCUT2D eigenvalue weighted by Crippen LogP contribution is 2.39. The first kappa shape index (κ1) is 23.2. The Kier molecular flexibility index (Phi) is 8.19. The van der Waals surface area contributed by atoms with E-state index >= 15 is 0 Å². The fourth-order valence-electron chi connectivity index (χ4n) is 2.29. The highest BCUT2D eigenvalue weighted by Gasteiger charge is 2.20. The Bertz CT molecular complexity index is 939. The molecule has 0 saturated carbocycles. The van der Waals surface area contributed by atoms with E-state index in [2.05, 4.69) is 28.2 Å². The van der Waals surface area contributed by atoms with Gasteiger partial charge in [-0.15, -0.1) is 0 Å². The number of nitrogens with zero attached hydrogens (tertiary/aromatic N) is 1. The van der Waals surface area contributed by atoms with Gasteiger partial charge in [-0.3, -0.25) is 4.79 Å². The van der Waals surface area contributed by atoms with Gasteiger partial charge in [-0.25, -0.2) is 13.9 Å². The fourth-order valence-corrected chi connectivity index (χ4v) is 2.70. The molecule has 160 valence electrons. The number of methoxy groups -OCH3 is 2. The number of urea groups is 1. The van der Waals surface area contributed by atoms with Crippen LogP contribution in [0.2, 0.25) is 5.02 Å². The van der Waals surface area contributed by atoms with Gasteiger partial charge in [0.2, 0.25) is 5.91 Å². The summed E-state index contributed by atoms with van der Waals surface area (Å²) in [5, 5.41) is 5.43. The molecule has 0 heterocycles. The van der Waals surface area contributed by atoms with E-state index < -0.39 is 12.0 Å². The Labute approximate surface area is 183 Å². The summed E-state index contributed by atoms with van der Waals surface area (Å²) in [5.41, 5.74) is 1.33. The number of hydrogen-bond donors (Lipinski definition) is 3. The lowest BCUT2D eigenvalue weighted by atomic mass is 10.2. The van der Waals surface area contributed by atoms with Crippen LogP contribution in [0.1, 0.15) is 6.92 Å². The number of halogens is 1. The first-order valence-electron chi connectivity index (χ1n) is 8.50. The van der Waals surface area contributed by atoms with Crippen LogP contribution in [0.5, 0.6) is 11.5 Å². The third-order valence-electron chi connectivity index (χ3n) is 3.68. The zero-order chi connectivity index (χ0) is 22.3. The van der Waals surface area contributed by atoms with E-state index in [0.29, 0.717) is 11.4 Å². The smallest absolute Gasteiger partial charge is 0.343 e. The second-order valence-electron chi connectivity index (χ2n) is 5.82. The number of rotatable bonds is 7. The number of carbonyl (C=O) groups excluding carboxylic acids is 3. The van der Waals surface area contributed by atoms with Gasteiger partial charge in [-0.1, -0.05) is 24.4 Å². The predicted octanol–water partition coefficient (Wildman–Crippen LogP) is 3.74. The standard InChI is InChI=1S/C19H20ClN3O6S/c1-11(24)21-12-4-6-13(7-5-12)22-19(26)23(30)15-8-14(20)16(9-17(15)27-2)29-10-18(25)28-3/h4-9,30H,10H2,1-3H3,(H,21,24)(H,22,26). The van der Waals surface area contributed by atoms with Crippen LogP contribution >= 0.6 is 24.4 Å². The van der Waals surface area contributed by atoms with Gasteiger partial charge in [0.05, 0.1) is 19.2 Å². The second kappa shape index (κ2) is 10.6. The molecular weight excluding hydrogens is 434 g/mol. The lowest BCUT2D eigenvalue weighted by Crippen LogP contribution is -2.27. The summed E-state index contributed by atoms with van der Waals surface area (Å²) in [6.07, 6.45) is 0. The molecule has 0 saturated heterocycles. The first-order chi connectivity index (χ1) is 14.2. The monoisotopic (exact) mass is 453 g/mol. The molecule has 2 aromatic rings. The van der Waals surface area contributed by atoms with Gasteiger partial charge in [0.15, 0.2) is 6.61 Å². The van der Waals surface area contributed by atoms with Crippen LogP contribution in [0.4, 0.5) is 21.9 Å². The minimum atomic E-state index is -0.580. The Balaban J connectivity index is 2.15. The highest BCUT2D eigenvalue weighted by atomic mass is 35.5. The molecule has 0 spiro atoms. The third-order valence-corrected chi connectivity index (χ3v) is 4.38. The van der Waals surface area contributed by atoms with Crippen LogP contribution in [0, 0.1) is 0 Å². The largest absolute Gasteiger partial charge is 0.494 e. The SMILES string of the molecule is COC(=O)COc1cc(OC)c(N(S)C(=O)Nc2ccc(NC(C)=O)cc2)cc1Cl. The lowest BCUT2D eigenvalue weighted by molar-refractivity contribution is -0.142. The van der Waals surface area contributed by atoms with E-state index in [1.54, 1.807) is 24.3 Å². The maximum absolute atomic E-state index is 12.6. The molecule has 0 radical (unpaired) electrons. The van der Waals surface area contributed by atoms with Crippen molar-refractivity contribution < 1.29 is 28.6 Å². The van der Waals surface area contributed by atoms with Crippen LogP contribution in [0.25, 0.3) is 0 Å². The highest BCUT2D eigenvalue weighted by molar-refractivity contribution is 7.82. The van der Waals surface area contributed by atoms with Gasteiger partial charge in [-0.05, 0) is 30.3 Å². The van der Waals surface area contributed by atoms with Crippen molar-refractivity contribution >= 4 is 59.4 Å². The Hall–Kier alpha value is -3.11. The van der Waals surface area contributed by atoms with Crippen LogP contribution in [0.3, 0.4) is 0 Å². The minimum Gasteiger partial charge on any atom is -0.494 e. The summed E-state index contributed by atoms with van der Waals surface area (Å²) < 4.78 is 16.1. The molecule has 2 rings (SSSR count). The molecule has 0 aliphatic rings. The summed E-state index contributed by atoms with van der Waals surface area (Å²) in [6, 6.07) is 8.80. The molecule has 0 aromatic heterocycles. The van der Waals surface area contributed by atoms with Gasteiger partial charge in [0, 0.05) is 24.4 Å². The average Bonchev–Trinajstić information content (AvgIpc) is 2.72. The molecule has 9 nitrogen and oxygen atoms in total. The van der Waals surface area contributed by atoms with E-state index in [9.17, 15) is 14.4 Å². The minimum absolute atomic E-state index is 0.140. The number of nitrogens with one attached hydrogen (secondary N) is 2. The number of hydrogen-bond acceptors (Lipinski definition) is 7. The molecule has 0 fully saturated rings. The van der Waals surface area contributed by atoms with Crippen LogP contribution in [-0.2, 0) is 14.3 Å². The fraction of sp³-hybridized carbons (Fsp3) is 0.211. The molecule has 0 atom stereocenters. The maximum Gasteiger partial charge on any atom is 0.343 e. The van der Waals surface area contributed by atoms with Crippen LogP contribution in [-0.4, -0.2) is 38.7 Å². The molecular formula is C19H20ClN3O6S.